The van der Waals surface area contributed by atoms with Gasteiger partial charge in [-0.25, -0.2) is 19.0 Å². The van der Waals surface area contributed by atoms with Crippen molar-refractivity contribution in [2.24, 2.45) is 0 Å². The van der Waals surface area contributed by atoms with Gasteiger partial charge in [0.1, 0.15) is 18.0 Å². The number of nitrogens with zero attached hydrogens (tertiary/aromatic N) is 5. The second-order valence-corrected chi connectivity index (χ2v) is 5.10. The van der Waals surface area contributed by atoms with Crippen molar-refractivity contribution < 1.29 is 22.3 Å². The van der Waals surface area contributed by atoms with Gasteiger partial charge in [-0.1, -0.05) is 17.3 Å². The highest BCUT2D eigenvalue weighted by Gasteiger charge is 2.31. The third-order valence-electron chi connectivity index (χ3n) is 3.26. The Morgan fingerprint density at radius 1 is 1.16 bits per heavy atom. The number of ether oxygens (including phenoxy) is 1. The molecule has 10 heteroatoms. The van der Waals surface area contributed by atoms with Crippen LogP contribution < -0.4 is 4.74 Å². The van der Waals surface area contributed by atoms with Crippen LogP contribution in [0.3, 0.4) is 0 Å². The van der Waals surface area contributed by atoms with Crippen LogP contribution in [0.1, 0.15) is 16.8 Å². The molecule has 0 aliphatic carbocycles. The van der Waals surface area contributed by atoms with Gasteiger partial charge in [0.15, 0.2) is 5.82 Å². The van der Waals surface area contributed by atoms with E-state index in [4.69, 9.17) is 4.74 Å². The molecular weight excluding hydrogens is 342 g/mol. The van der Waals surface area contributed by atoms with E-state index >= 15 is 0 Å². The molecule has 25 heavy (non-hydrogen) atoms. The van der Waals surface area contributed by atoms with Crippen LogP contribution in [0.25, 0.3) is 5.69 Å². The van der Waals surface area contributed by atoms with Crippen LogP contribution in [0.4, 0.5) is 17.6 Å². The molecule has 1 aromatic carbocycles. The van der Waals surface area contributed by atoms with Crippen LogP contribution in [-0.2, 0) is 12.8 Å². The molecule has 3 rings (SSSR count). The Bertz CT molecular complexity index is 876. The number of hydrogen-bond acceptors (Lipinski definition) is 5. The number of benzene rings is 1. The summed E-state index contributed by atoms with van der Waals surface area (Å²) in [6, 6.07) is 4.62. The first-order chi connectivity index (χ1) is 11.8. The van der Waals surface area contributed by atoms with Gasteiger partial charge in [0.2, 0.25) is 0 Å². The van der Waals surface area contributed by atoms with Crippen LogP contribution in [0.15, 0.2) is 36.8 Å². The van der Waals surface area contributed by atoms with Gasteiger partial charge in [-0.3, -0.25) is 0 Å². The van der Waals surface area contributed by atoms with Crippen molar-refractivity contribution in [2.45, 2.75) is 19.7 Å². The zero-order valence-corrected chi connectivity index (χ0v) is 12.8. The Labute approximate surface area is 139 Å². The molecule has 0 atom stereocenters. The minimum atomic E-state index is -4.51. The first kappa shape index (κ1) is 16.8. The van der Waals surface area contributed by atoms with Gasteiger partial charge in [-0.05, 0) is 18.6 Å². The molecule has 0 fully saturated rings. The summed E-state index contributed by atoms with van der Waals surface area (Å²) in [6.45, 7) is 1.50. The van der Waals surface area contributed by atoms with E-state index in [1.54, 1.807) is 25.1 Å². The number of hydrogen-bond donors (Lipinski definition) is 0. The summed E-state index contributed by atoms with van der Waals surface area (Å²) in [5.74, 6) is -0.425. The number of alkyl halides is 3. The zero-order valence-electron chi connectivity index (χ0n) is 12.8. The van der Waals surface area contributed by atoms with E-state index in [9.17, 15) is 17.6 Å². The van der Waals surface area contributed by atoms with E-state index in [1.165, 1.54) is 10.9 Å². The van der Waals surface area contributed by atoms with Crippen molar-refractivity contribution in [1.29, 1.82) is 0 Å². The molecule has 2 heterocycles. The summed E-state index contributed by atoms with van der Waals surface area (Å²) in [5.41, 5.74) is 0.0543. The van der Waals surface area contributed by atoms with E-state index in [2.05, 4.69) is 20.3 Å². The maximum absolute atomic E-state index is 14.0. The monoisotopic (exact) mass is 353 g/mol. The smallest absolute Gasteiger partial charge is 0.419 e. The average molecular weight is 353 g/mol. The molecule has 0 aliphatic rings. The fraction of sp³-hybridized carbons (Fsp3) is 0.200. The van der Waals surface area contributed by atoms with Gasteiger partial charge < -0.3 is 4.74 Å². The van der Waals surface area contributed by atoms with Crippen molar-refractivity contribution in [1.82, 2.24) is 25.0 Å². The maximum atomic E-state index is 14.0. The van der Waals surface area contributed by atoms with Gasteiger partial charge >= 0.3 is 12.2 Å². The predicted octanol–water partition coefficient (Wildman–Crippen LogP) is 3.10. The second kappa shape index (κ2) is 6.46. The largest absolute Gasteiger partial charge is 0.457 e. The Morgan fingerprint density at radius 2 is 1.88 bits per heavy atom. The molecule has 0 radical (unpaired) electrons. The van der Waals surface area contributed by atoms with E-state index < -0.39 is 17.6 Å². The Balaban J connectivity index is 1.69. The lowest BCUT2D eigenvalue weighted by molar-refractivity contribution is -0.138. The van der Waals surface area contributed by atoms with E-state index in [1.807, 2.05) is 0 Å². The molecule has 0 saturated heterocycles. The van der Waals surface area contributed by atoms with Crippen molar-refractivity contribution in [2.75, 3.05) is 0 Å². The first-order valence-electron chi connectivity index (χ1n) is 7.03. The van der Waals surface area contributed by atoms with Gasteiger partial charge in [0, 0.05) is 12.4 Å². The summed E-state index contributed by atoms with van der Waals surface area (Å²) in [5, 5.41) is 7.63. The highest BCUT2D eigenvalue weighted by molar-refractivity contribution is 5.36. The first-order valence-corrected chi connectivity index (χ1v) is 7.03. The quantitative estimate of drug-likeness (QED) is 0.675. The molecule has 2 aromatic heterocycles. The summed E-state index contributed by atoms with van der Waals surface area (Å²) in [6.07, 6.45) is -1.82. The van der Waals surface area contributed by atoms with Crippen LogP contribution in [0, 0.1) is 12.7 Å². The Morgan fingerprint density at radius 3 is 2.56 bits per heavy atom. The van der Waals surface area contributed by atoms with E-state index in [0.29, 0.717) is 23.7 Å². The zero-order chi connectivity index (χ0) is 18.0. The minimum Gasteiger partial charge on any atom is -0.457 e. The molecule has 6 nitrogen and oxygen atoms in total. The molecule has 0 N–H and O–H groups in total. The molecule has 130 valence electrons. The molecule has 0 aliphatic heterocycles. The lowest BCUT2D eigenvalue weighted by atomic mass is 10.2. The van der Waals surface area contributed by atoms with Crippen molar-refractivity contribution >= 4 is 0 Å². The minimum absolute atomic E-state index is 0.126. The third-order valence-corrected chi connectivity index (χ3v) is 3.26. The number of aromatic nitrogens is 5. The molecule has 0 bridgehead atoms. The standard InChI is InChI=1S/C15H11F4N5O/c1-9-3-2-4-12(13(9)16)24-7-11(22-23-24)8-25-14-20-5-10(6-21-14)15(17,18)19/h2-7H,8H2,1H3. The Kier molecular flexibility index (Phi) is 4.34. The average Bonchev–Trinajstić information content (AvgIpc) is 3.04. The number of halogens is 4. The number of aryl methyl sites for hydroxylation is 1. The third kappa shape index (κ3) is 3.73. The lowest BCUT2D eigenvalue weighted by Gasteiger charge is -2.06. The molecule has 0 saturated carbocycles. The van der Waals surface area contributed by atoms with Crippen molar-refractivity contribution in [3.05, 3.63) is 59.4 Å². The summed E-state index contributed by atoms with van der Waals surface area (Å²) in [4.78, 5) is 6.97. The molecule has 0 amide bonds. The summed E-state index contributed by atoms with van der Waals surface area (Å²) >= 11 is 0. The fourth-order valence-corrected chi connectivity index (χ4v) is 1.97. The van der Waals surface area contributed by atoms with Crippen molar-refractivity contribution in [3.8, 4) is 11.7 Å². The normalized spacial score (nSPS) is 11.6. The van der Waals surface area contributed by atoms with Crippen LogP contribution in [0.2, 0.25) is 0 Å². The highest BCUT2D eigenvalue weighted by atomic mass is 19.4. The van der Waals surface area contributed by atoms with Crippen LogP contribution >= 0.6 is 0 Å². The fourth-order valence-electron chi connectivity index (χ4n) is 1.97. The summed E-state index contributed by atoms with van der Waals surface area (Å²) in [7, 11) is 0. The van der Waals surface area contributed by atoms with Gasteiger partial charge in [-0.2, -0.15) is 13.2 Å². The maximum Gasteiger partial charge on any atom is 0.419 e. The number of rotatable bonds is 4. The molecule has 0 unspecified atom stereocenters. The van der Waals surface area contributed by atoms with E-state index in [-0.39, 0.29) is 18.3 Å². The van der Waals surface area contributed by atoms with Gasteiger partial charge in [0.05, 0.1) is 11.8 Å². The lowest BCUT2D eigenvalue weighted by Crippen LogP contribution is -2.07. The van der Waals surface area contributed by atoms with E-state index in [0.717, 1.165) is 0 Å². The van der Waals surface area contributed by atoms with Gasteiger partial charge in [-0.15, -0.1) is 5.10 Å². The molecular formula is C15H11F4N5O. The second-order valence-electron chi connectivity index (χ2n) is 5.10. The SMILES string of the molecule is Cc1cccc(-n2cc(COc3ncc(C(F)(F)F)cn3)nn2)c1F. The topological polar surface area (TPSA) is 65.7 Å². The summed E-state index contributed by atoms with van der Waals surface area (Å²) < 4.78 is 57.7. The molecule has 3 aromatic rings. The molecule has 0 spiro atoms. The predicted molar refractivity (Wildman–Crippen MR) is 77.4 cm³/mol. The van der Waals surface area contributed by atoms with Gasteiger partial charge in [0.25, 0.3) is 0 Å². The van der Waals surface area contributed by atoms with Crippen LogP contribution in [-0.4, -0.2) is 25.0 Å². The van der Waals surface area contributed by atoms with Crippen LogP contribution in [0.5, 0.6) is 6.01 Å². The highest BCUT2D eigenvalue weighted by Crippen LogP contribution is 2.28. The Hall–Kier alpha value is -3.04. The van der Waals surface area contributed by atoms with Crippen molar-refractivity contribution in [3.63, 3.8) is 0 Å².